The number of anilines is 1. The molecule has 0 amide bonds. The Kier molecular flexibility index (Phi) is 4.47. The average molecular weight is 303 g/mol. The fourth-order valence-electron chi connectivity index (χ4n) is 1.16. The largest absolute Gasteiger partial charge is 0.465 e. The first-order valence-corrected chi connectivity index (χ1v) is 5.82. The molecule has 0 aromatic carbocycles. The second-order valence-corrected chi connectivity index (χ2v) is 5.12. The van der Waals surface area contributed by atoms with Crippen LogP contribution in [0.25, 0.3) is 0 Å². The van der Waals surface area contributed by atoms with Crippen molar-refractivity contribution in [2.45, 2.75) is 19.4 Å². The third-order valence-corrected chi connectivity index (χ3v) is 2.55. The monoisotopic (exact) mass is 302 g/mol. The number of hydrogen-bond donors (Lipinski definition) is 2. The highest BCUT2D eigenvalue weighted by atomic mass is 79.9. The van der Waals surface area contributed by atoms with Crippen molar-refractivity contribution in [3.05, 3.63) is 22.3 Å². The number of methoxy groups -OCH3 is 1. The summed E-state index contributed by atoms with van der Waals surface area (Å²) in [6.45, 7) is 3.53. The second-order valence-electron chi connectivity index (χ2n) is 4.21. The molecule has 0 spiro atoms. The Morgan fingerprint density at radius 2 is 2.29 bits per heavy atom. The first kappa shape index (κ1) is 13.9. The molecule has 0 aliphatic carbocycles. The maximum Gasteiger partial charge on any atom is 0.341 e. The number of carbonyl (C=O) groups is 1. The van der Waals surface area contributed by atoms with Crippen LogP contribution >= 0.6 is 15.9 Å². The lowest BCUT2D eigenvalue weighted by Gasteiger charge is -2.25. The van der Waals surface area contributed by atoms with Crippen LogP contribution in [0.5, 0.6) is 0 Å². The van der Waals surface area contributed by atoms with Crippen LogP contribution in [0.2, 0.25) is 0 Å². The van der Waals surface area contributed by atoms with Crippen molar-refractivity contribution in [2.24, 2.45) is 0 Å². The number of halogens is 1. The maximum atomic E-state index is 11.6. The van der Waals surface area contributed by atoms with Crippen LogP contribution in [-0.2, 0) is 4.74 Å². The molecule has 2 N–H and O–H groups in total. The molecule has 1 heterocycles. The summed E-state index contributed by atoms with van der Waals surface area (Å²) < 4.78 is 5.36. The van der Waals surface area contributed by atoms with Crippen molar-refractivity contribution in [2.75, 3.05) is 19.0 Å². The van der Waals surface area contributed by atoms with E-state index in [1.54, 1.807) is 26.1 Å². The Morgan fingerprint density at radius 1 is 1.65 bits per heavy atom. The van der Waals surface area contributed by atoms with Gasteiger partial charge in [0.25, 0.3) is 0 Å². The number of nitrogens with zero attached hydrogens (tertiary/aromatic N) is 1. The Balaban J connectivity index is 3.11. The molecule has 0 bridgehead atoms. The zero-order valence-corrected chi connectivity index (χ0v) is 11.5. The SMILES string of the molecule is COC(=O)c1cc(Br)cnc1NC(C)(C)CO. The lowest BCUT2D eigenvalue weighted by atomic mass is 10.1. The van der Waals surface area contributed by atoms with Crippen LogP contribution in [0.1, 0.15) is 24.2 Å². The number of pyridine rings is 1. The molecule has 0 radical (unpaired) electrons. The summed E-state index contributed by atoms with van der Waals surface area (Å²) in [7, 11) is 1.31. The second kappa shape index (κ2) is 5.46. The molecule has 0 saturated heterocycles. The van der Waals surface area contributed by atoms with Gasteiger partial charge in [-0.05, 0) is 35.8 Å². The van der Waals surface area contributed by atoms with E-state index < -0.39 is 11.5 Å². The zero-order chi connectivity index (χ0) is 13.1. The van der Waals surface area contributed by atoms with Gasteiger partial charge in [-0.1, -0.05) is 0 Å². The van der Waals surface area contributed by atoms with Crippen LogP contribution in [0, 0.1) is 0 Å². The summed E-state index contributed by atoms with van der Waals surface area (Å²) >= 11 is 3.24. The van der Waals surface area contributed by atoms with Crippen LogP contribution in [0.15, 0.2) is 16.7 Å². The molecule has 94 valence electrons. The van der Waals surface area contributed by atoms with Crippen molar-refractivity contribution in [1.82, 2.24) is 4.98 Å². The van der Waals surface area contributed by atoms with Gasteiger partial charge in [0.1, 0.15) is 11.4 Å². The highest BCUT2D eigenvalue weighted by molar-refractivity contribution is 9.10. The number of carbonyl (C=O) groups excluding carboxylic acids is 1. The number of hydrogen-bond acceptors (Lipinski definition) is 5. The Bertz CT molecular complexity index is 421. The van der Waals surface area contributed by atoms with Crippen LogP contribution in [-0.4, -0.2) is 35.3 Å². The summed E-state index contributed by atoms with van der Waals surface area (Å²) in [4.78, 5) is 15.7. The molecule has 1 aromatic heterocycles. The number of ether oxygens (including phenoxy) is 1. The lowest BCUT2D eigenvalue weighted by molar-refractivity contribution is 0.0601. The van der Waals surface area contributed by atoms with E-state index in [1.165, 1.54) is 7.11 Å². The van der Waals surface area contributed by atoms with Gasteiger partial charge in [-0.2, -0.15) is 0 Å². The summed E-state index contributed by atoms with van der Waals surface area (Å²) in [5.41, 5.74) is -0.243. The van der Waals surface area contributed by atoms with Gasteiger partial charge in [0.2, 0.25) is 0 Å². The normalized spacial score (nSPS) is 11.1. The van der Waals surface area contributed by atoms with Crippen molar-refractivity contribution in [3.8, 4) is 0 Å². The zero-order valence-electron chi connectivity index (χ0n) is 9.95. The Hall–Kier alpha value is -1.14. The average Bonchev–Trinajstić information content (AvgIpc) is 2.30. The first-order valence-electron chi connectivity index (χ1n) is 5.02. The molecular formula is C11H15BrN2O3. The van der Waals surface area contributed by atoms with E-state index in [9.17, 15) is 9.90 Å². The predicted octanol–water partition coefficient (Wildman–Crippen LogP) is 1.81. The maximum absolute atomic E-state index is 11.6. The lowest BCUT2D eigenvalue weighted by Crippen LogP contribution is -2.36. The molecule has 0 aliphatic rings. The highest BCUT2D eigenvalue weighted by Gasteiger charge is 2.21. The molecule has 0 saturated carbocycles. The van der Waals surface area contributed by atoms with Gasteiger partial charge in [-0.3, -0.25) is 0 Å². The number of aliphatic hydroxyl groups excluding tert-OH is 1. The fourth-order valence-corrected chi connectivity index (χ4v) is 1.50. The topological polar surface area (TPSA) is 71.5 Å². The summed E-state index contributed by atoms with van der Waals surface area (Å²) in [6.07, 6.45) is 1.57. The van der Waals surface area contributed by atoms with E-state index in [0.29, 0.717) is 15.9 Å². The van der Waals surface area contributed by atoms with Gasteiger partial charge in [0.05, 0.1) is 19.3 Å². The van der Waals surface area contributed by atoms with Gasteiger partial charge >= 0.3 is 5.97 Å². The van der Waals surface area contributed by atoms with E-state index in [0.717, 1.165) is 0 Å². The van der Waals surface area contributed by atoms with Crippen molar-refractivity contribution in [1.29, 1.82) is 0 Å². The number of aromatic nitrogens is 1. The fraction of sp³-hybridized carbons (Fsp3) is 0.455. The number of aliphatic hydroxyl groups is 1. The molecular weight excluding hydrogens is 288 g/mol. The van der Waals surface area contributed by atoms with Gasteiger partial charge in [-0.25, -0.2) is 9.78 Å². The van der Waals surface area contributed by atoms with Crippen LogP contribution in [0.3, 0.4) is 0 Å². The van der Waals surface area contributed by atoms with Crippen molar-refractivity contribution >= 4 is 27.7 Å². The minimum absolute atomic E-state index is 0.0780. The van der Waals surface area contributed by atoms with E-state index in [-0.39, 0.29) is 6.61 Å². The van der Waals surface area contributed by atoms with Crippen LogP contribution in [0.4, 0.5) is 5.82 Å². The quantitative estimate of drug-likeness (QED) is 0.830. The van der Waals surface area contributed by atoms with Crippen molar-refractivity contribution < 1.29 is 14.6 Å². The molecule has 1 rings (SSSR count). The summed E-state index contributed by atoms with van der Waals surface area (Å²) in [5, 5.41) is 12.2. The minimum atomic E-state index is -0.566. The molecule has 6 heteroatoms. The van der Waals surface area contributed by atoms with Gasteiger partial charge in [0.15, 0.2) is 0 Å². The van der Waals surface area contributed by atoms with Crippen molar-refractivity contribution in [3.63, 3.8) is 0 Å². The number of nitrogens with one attached hydrogen (secondary N) is 1. The van der Waals surface area contributed by atoms with E-state index in [4.69, 9.17) is 0 Å². The standard InChI is InChI=1S/C11H15BrN2O3/c1-11(2,6-15)14-9-8(10(16)17-3)4-7(12)5-13-9/h4-5,15H,6H2,1-3H3,(H,13,14). The molecule has 0 atom stereocenters. The Morgan fingerprint density at radius 3 is 2.82 bits per heavy atom. The van der Waals surface area contributed by atoms with Gasteiger partial charge in [0, 0.05) is 10.7 Å². The predicted molar refractivity (Wildman–Crippen MR) is 68.1 cm³/mol. The van der Waals surface area contributed by atoms with Gasteiger partial charge in [-0.15, -0.1) is 0 Å². The van der Waals surface area contributed by atoms with E-state index in [2.05, 4.69) is 31.0 Å². The molecule has 0 unspecified atom stereocenters. The third kappa shape index (κ3) is 3.67. The molecule has 5 nitrogen and oxygen atoms in total. The summed E-state index contributed by atoms with van der Waals surface area (Å²) in [6, 6.07) is 1.62. The highest BCUT2D eigenvalue weighted by Crippen LogP contribution is 2.21. The Labute approximate surface area is 108 Å². The van der Waals surface area contributed by atoms with Crippen LogP contribution < -0.4 is 5.32 Å². The van der Waals surface area contributed by atoms with E-state index >= 15 is 0 Å². The minimum Gasteiger partial charge on any atom is -0.465 e. The molecule has 0 aliphatic heterocycles. The third-order valence-electron chi connectivity index (χ3n) is 2.11. The molecule has 1 aromatic rings. The van der Waals surface area contributed by atoms with Gasteiger partial charge < -0.3 is 15.2 Å². The number of esters is 1. The summed E-state index contributed by atoms with van der Waals surface area (Å²) in [5.74, 6) is -0.0888. The first-order chi connectivity index (χ1) is 7.89. The number of rotatable bonds is 4. The molecule has 17 heavy (non-hydrogen) atoms. The smallest absolute Gasteiger partial charge is 0.341 e. The molecule has 0 fully saturated rings. The van der Waals surface area contributed by atoms with E-state index in [1.807, 2.05) is 0 Å².